The van der Waals surface area contributed by atoms with Crippen molar-refractivity contribution in [2.45, 2.75) is 96.3 Å². The third-order valence-corrected chi connectivity index (χ3v) is 6.01. The standard InChI is InChI=1S/C19H37N/c20-16-8-15-19-13-6-2-4-10-17-9-3-1-5-12-18(19)14-7-11-17/h17-19H,1-16,20H2. The van der Waals surface area contributed by atoms with Gasteiger partial charge in [0.05, 0.1) is 0 Å². The first-order chi connectivity index (χ1) is 9.90. The van der Waals surface area contributed by atoms with Crippen molar-refractivity contribution in [3.05, 3.63) is 0 Å². The molecule has 0 heterocycles. The lowest BCUT2D eigenvalue weighted by Crippen LogP contribution is -2.18. The van der Waals surface area contributed by atoms with Crippen molar-refractivity contribution in [1.29, 1.82) is 0 Å². The summed E-state index contributed by atoms with van der Waals surface area (Å²) in [5, 5.41) is 0. The van der Waals surface area contributed by atoms with E-state index < -0.39 is 0 Å². The molecule has 0 amide bonds. The third-order valence-electron chi connectivity index (χ3n) is 6.01. The molecule has 2 aliphatic carbocycles. The third kappa shape index (κ3) is 5.76. The maximum Gasteiger partial charge on any atom is -0.00772 e. The van der Waals surface area contributed by atoms with Gasteiger partial charge in [-0.1, -0.05) is 83.5 Å². The van der Waals surface area contributed by atoms with Crippen LogP contribution in [0.4, 0.5) is 0 Å². The quantitative estimate of drug-likeness (QED) is 0.707. The van der Waals surface area contributed by atoms with Crippen LogP contribution < -0.4 is 5.73 Å². The summed E-state index contributed by atoms with van der Waals surface area (Å²) in [6.45, 7) is 0.894. The SMILES string of the molecule is NCCCC1CCCCCC2CCCCCC1CCC2. The first-order valence-electron chi connectivity index (χ1n) is 9.60. The Hall–Kier alpha value is -0.0400. The fourth-order valence-electron chi connectivity index (χ4n) is 4.75. The van der Waals surface area contributed by atoms with E-state index in [2.05, 4.69) is 0 Å². The van der Waals surface area contributed by atoms with E-state index in [4.69, 9.17) is 5.73 Å². The monoisotopic (exact) mass is 279 g/mol. The van der Waals surface area contributed by atoms with Gasteiger partial charge in [0.15, 0.2) is 0 Å². The molecule has 2 aliphatic rings. The summed E-state index contributed by atoms with van der Waals surface area (Å²) >= 11 is 0. The van der Waals surface area contributed by atoms with Gasteiger partial charge in [0.1, 0.15) is 0 Å². The zero-order valence-corrected chi connectivity index (χ0v) is 13.6. The Morgan fingerprint density at radius 3 is 2.00 bits per heavy atom. The molecule has 0 radical (unpaired) electrons. The van der Waals surface area contributed by atoms with Crippen LogP contribution in [0.15, 0.2) is 0 Å². The van der Waals surface area contributed by atoms with Gasteiger partial charge in [-0.15, -0.1) is 0 Å². The molecular formula is C19H37N. The Labute approximate surface area is 127 Å². The summed E-state index contributed by atoms with van der Waals surface area (Å²) in [7, 11) is 0. The van der Waals surface area contributed by atoms with Crippen LogP contribution in [0.2, 0.25) is 0 Å². The lowest BCUT2D eigenvalue weighted by molar-refractivity contribution is 0.233. The largest absolute Gasteiger partial charge is 0.330 e. The summed E-state index contributed by atoms with van der Waals surface area (Å²) in [6, 6.07) is 0. The first-order valence-corrected chi connectivity index (χ1v) is 9.60. The topological polar surface area (TPSA) is 26.0 Å². The molecule has 2 bridgehead atoms. The van der Waals surface area contributed by atoms with Gasteiger partial charge in [0, 0.05) is 0 Å². The van der Waals surface area contributed by atoms with Crippen molar-refractivity contribution in [3.63, 3.8) is 0 Å². The highest BCUT2D eigenvalue weighted by Crippen LogP contribution is 2.36. The van der Waals surface area contributed by atoms with E-state index in [1.165, 1.54) is 96.3 Å². The Morgan fingerprint density at radius 2 is 1.25 bits per heavy atom. The molecule has 0 spiro atoms. The number of rotatable bonds is 3. The highest BCUT2D eigenvalue weighted by Gasteiger charge is 2.23. The minimum Gasteiger partial charge on any atom is -0.330 e. The molecule has 0 aromatic rings. The van der Waals surface area contributed by atoms with Crippen LogP contribution in [-0.4, -0.2) is 6.54 Å². The average Bonchev–Trinajstić information content (AvgIpc) is 2.50. The van der Waals surface area contributed by atoms with Gasteiger partial charge in [-0.2, -0.15) is 0 Å². The van der Waals surface area contributed by atoms with E-state index in [9.17, 15) is 0 Å². The van der Waals surface area contributed by atoms with E-state index in [1.54, 1.807) is 0 Å². The van der Waals surface area contributed by atoms with Gasteiger partial charge in [-0.05, 0) is 37.1 Å². The van der Waals surface area contributed by atoms with Crippen molar-refractivity contribution in [1.82, 2.24) is 0 Å². The second kappa shape index (κ2) is 9.82. The van der Waals surface area contributed by atoms with Crippen molar-refractivity contribution in [3.8, 4) is 0 Å². The highest BCUT2D eigenvalue weighted by atomic mass is 14.5. The van der Waals surface area contributed by atoms with Crippen molar-refractivity contribution in [2.75, 3.05) is 6.54 Å². The Kier molecular flexibility index (Phi) is 8.02. The van der Waals surface area contributed by atoms with Gasteiger partial charge in [0.25, 0.3) is 0 Å². The molecule has 0 aromatic heterocycles. The lowest BCUT2D eigenvalue weighted by atomic mass is 9.77. The Balaban J connectivity index is 1.97. The molecule has 1 nitrogen and oxygen atoms in total. The molecule has 0 saturated heterocycles. The van der Waals surface area contributed by atoms with E-state index in [0.29, 0.717) is 0 Å². The van der Waals surface area contributed by atoms with E-state index in [0.717, 1.165) is 24.3 Å². The zero-order valence-electron chi connectivity index (χ0n) is 13.6. The number of fused-ring (bicyclic) bond motifs is 4. The zero-order chi connectivity index (χ0) is 14.0. The second-order valence-corrected chi connectivity index (χ2v) is 7.52. The maximum atomic E-state index is 5.77. The predicted molar refractivity (Wildman–Crippen MR) is 88.8 cm³/mol. The molecule has 3 atom stereocenters. The molecule has 2 fully saturated rings. The second-order valence-electron chi connectivity index (χ2n) is 7.52. The normalized spacial score (nSPS) is 33.8. The molecule has 3 unspecified atom stereocenters. The number of nitrogens with two attached hydrogens (primary N) is 1. The Morgan fingerprint density at radius 1 is 0.650 bits per heavy atom. The molecule has 118 valence electrons. The molecule has 20 heavy (non-hydrogen) atoms. The van der Waals surface area contributed by atoms with Crippen LogP contribution in [0.3, 0.4) is 0 Å². The molecule has 2 N–H and O–H groups in total. The van der Waals surface area contributed by atoms with Crippen LogP contribution in [0, 0.1) is 17.8 Å². The summed E-state index contributed by atoms with van der Waals surface area (Å²) in [4.78, 5) is 0. The minimum absolute atomic E-state index is 0.894. The summed E-state index contributed by atoms with van der Waals surface area (Å²) in [5.74, 6) is 3.09. The lowest BCUT2D eigenvalue weighted by Gasteiger charge is -2.28. The molecule has 2 saturated carbocycles. The van der Waals surface area contributed by atoms with Crippen LogP contribution in [0.25, 0.3) is 0 Å². The van der Waals surface area contributed by atoms with Crippen LogP contribution in [0.1, 0.15) is 96.3 Å². The van der Waals surface area contributed by atoms with Gasteiger partial charge in [0.2, 0.25) is 0 Å². The fraction of sp³-hybridized carbons (Fsp3) is 1.00. The predicted octanol–water partition coefficient (Wildman–Crippen LogP) is 5.67. The van der Waals surface area contributed by atoms with Crippen LogP contribution in [0.5, 0.6) is 0 Å². The first kappa shape index (κ1) is 16.3. The van der Waals surface area contributed by atoms with E-state index >= 15 is 0 Å². The highest BCUT2D eigenvalue weighted by molar-refractivity contribution is 4.75. The van der Waals surface area contributed by atoms with E-state index in [-0.39, 0.29) is 0 Å². The summed E-state index contributed by atoms with van der Waals surface area (Å²) in [5.41, 5.74) is 5.77. The molecular weight excluding hydrogens is 242 g/mol. The smallest absolute Gasteiger partial charge is 0.00772 e. The average molecular weight is 280 g/mol. The van der Waals surface area contributed by atoms with Crippen LogP contribution in [-0.2, 0) is 0 Å². The van der Waals surface area contributed by atoms with Crippen molar-refractivity contribution < 1.29 is 0 Å². The van der Waals surface area contributed by atoms with E-state index in [1.807, 2.05) is 0 Å². The molecule has 2 rings (SSSR count). The molecule has 0 aliphatic heterocycles. The van der Waals surface area contributed by atoms with Gasteiger partial charge < -0.3 is 5.73 Å². The number of hydrogen-bond donors (Lipinski definition) is 1. The van der Waals surface area contributed by atoms with Crippen molar-refractivity contribution in [2.24, 2.45) is 23.5 Å². The molecule has 0 aromatic carbocycles. The number of hydrogen-bond acceptors (Lipinski definition) is 1. The van der Waals surface area contributed by atoms with Gasteiger partial charge >= 0.3 is 0 Å². The maximum absolute atomic E-state index is 5.77. The van der Waals surface area contributed by atoms with Crippen molar-refractivity contribution >= 4 is 0 Å². The van der Waals surface area contributed by atoms with Gasteiger partial charge in [-0.25, -0.2) is 0 Å². The Bertz CT molecular complexity index is 238. The fourth-order valence-corrected chi connectivity index (χ4v) is 4.75. The summed E-state index contributed by atoms with van der Waals surface area (Å²) < 4.78 is 0. The molecule has 1 heteroatoms. The van der Waals surface area contributed by atoms with Crippen LogP contribution >= 0.6 is 0 Å². The minimum atomic E-state index is 0.894. The summed E-state index contributed by atoms with van der Waals surface area (Å²) in [6.07, 6.45) is 22.3. The van der Waals surface area contributed by atoms with Gasteiger partial charge in [-0.3, -0.25) is 0 Å².